The summed E-state index contributed by atoms with van der Waals surface area (Å²) in [5.74, 6) is -0.529. The first-order valence-corrected chi connectivity index (χ1v) is 6.07. The van der Waals surface area contributed by atoms with Crippen molar-refractivity contribution in [3.63, 3.8) is 0 Å². The van der Waals surface area contributed by atoms with E-state index >= 15 is 0 Å². The number of carboxylic acid groups (broad SMARTS) is 1. The molecule has 0 spiro atoms. The van der Waals surface area contributed by atoms with Crippen molar-refractivity contribution in [2.75, 3.05) is 20.1 Å². The van der Waals surface area contributed by atoms with Gasteiger partial charge in [-0.1, -0.05) is 0 Å². The van der Waals surface area contributed by atoms with E-state index < -0.39 is 12.0 Å². The highest BCUT2D eigenvalue weighted by molar-refractivity contribution is 5.73. The number of nitrogens with zero attached hydrogens (tertiary/aromatic N) is 3. The molecule has 6 nitrogen and oxygen atoms in total. The Balaban J connectivity index is 2.14. The molecule has 2 rings (SSSR count). The zero-order valence-electron chi connectivity index (χ0n) is 10.4. The average Bonchev–Trinajstić information content (AvgIpc) is 2.38. The number of nitrogens with two attached hydrogens (primary N) is 1. The fraction of sp³-hybridized carbons (Fsp3) is 0.583. The van der Waals surface area contributed by atoms with Crippen LogP contribution < -0.4 is 5.73 Å². The summed E-state index contributed by atoms with van der Waals surface area (Å²) < 4.78 is 0. The standard InChI is InChI=1S/C12H18N4O2/c1-16-6-3-8(4-7-16)9-2-5-14-11(15-9)10(13)12(17)18/h2,5,8,10H,3-4,6-7,13H2,1H3,(H,17,18). The quantitative estimate of drug-likeness (QED) is 0.805. The summed E-state index contributed by atoms with van der Waals surface area (Å²) in [6.45, 7) is 2.07. The number of hydrogen-bond donors (Lipinski definition) is 2. The topological polar surface area (TPSA) is 92.3 Å². The molecule has 0 amide bonds. The minimum Gasteiger partial charge on any atom is -0.480 e. The second kappa shape index (κ2) is 5.41. The van der Waals surface area contributed by atoms with Gasteiger partial charge < -0.3 is 15.7 Å². The predicted molar refractivity (Wildman–Crippen MR) is 66.1 cm³/mol. The van der Waals surface area contributed by atoms with E-state index in [2.05, 4.69) is 21.9 Å². The van der Waals surface area contributed by atoms with Crippen molar-refractivity contribution in [3.8, 4) is 0 Å². The number of hydrogen-bond acceptors (Lipinski definition) is 5. The van der Waals surface area contributed by atoms with Crippen molar-refractivity contribution in [1.82, 2.24) is 14.9 Å². The molecule has 1 atom stereocenters. The normalized spacial score (nSPS) is 19.7. The summed E-state index contributed by atoms with van der Waals surface area (Å²) in [6, 6.07) is 0.713. The van der Waals surface area contributed by atoms with Crippen LogP contribution in [0.25, 0.3) is 0 Å². The van der Waals surface area contributed by atoms with E-state index in [0.29, 0.717) is 5.92 Å². The first kappa shape index (κ1) is 12.9. The van der Waals surface area contributed by atoms with Crippen LogP contribution >= 0.6 is 0 Å². The molecule has 2 heterocycles. The van der Waals surface area contributed by atoms with E-state index in [1.165, 1.54) is 0 Å². The Morgan fingerprint density at radius 1 is 1.56 bits per heavy atom. The number of aliphatic carboxylic acids is 1. The molecule has 1 fully saturated rings. The zero-order chi connectivity index (χ0) is 13.1. The smallest absolute Gasteiger partial charge is 0.328 e. The second-order valence-corrected chi connectivity index (χ2v) is 4.73. The van der Waals surface area contributed by atoms with Crippen LogP contribution in [-0.4, -0.2) is 46.1 Å². The highest BCUT2D eigenvalue weighted by atomic mass is 16.4. The molecule has 1 aromatic rings. The van der Waals surface area contributed by atoms with Crippen molar-refractivity contribution in [2.45, 2.75) is 24.8 Å². The van der Waals surface area contributed by atoms with Crippen LogP contribution in [0.5, 0.6) is 0 Å². The second-order valence-electron chi connectivity index (χ2n) is 4.73. The molecule has 1 unspecified atom stereocenters. The molecular formula is C12H18N4O2. The van der Waals surface area contributed by atoms with Crippen LogP contribution in [0.15, 0.2) is 12.3 Å². The highest BCUT2D eigenvalue weighted by Crippen LogP contribution is 2.26. The Hall–Kier alpha value is -1.53. The monoisotopic (exact) mass is 250 g/mol. The molecule has 3 N–H and O–H groups in total. The van der Waals surface area contributed by atoms with Crippen LogP contribution in [0.4, 0.5) is 0 Å². The Kier molecular flexibility index (Phi) is 3.88. The van der Waals surface area contributed by atoms with E-state index in [0.717, 1.165) is 31.6 Å². The summed E-state index contributed by atoms with van der Waals surface area (Å²) in [5, 5.41) is 8.86. The van der Waals surface area contributed by atoms with Gasteiger partial charge in [-0.3, -0.25) is 4.79 Å². The molecule has 6 heteroatoms. The molecule has 0 aromatic carbocycles. The van der Waals surface area contributed by atoms with Gasteiger partial charge in [0, 0.05) is 17.8 Å². The van der Waals surface area contributed by atoms with E-state index in [9.17, 15) is 4.79 Å². The summed E-state index contributed by atoms with van der Waals surface area (Å²) >= 11 is 0. The third kappa shape index (κ3) is 2.83. The minimum atomic E-state index is -1.14. The van der Waals surface area contributed by atoms with Crippen LogP contribution in [0.1, 0.15) is 36.3 Å². The van der Waals surface area contributed by atoms with Crippen molar-refractivity contribution < 1.29 is 9.90 Å². The van der Waals surface area contributed by atoms with Gasteiger partial charge in [0.1, 0.15) is 0 Å². The summed E-state index contributed by atoms with van der Waals surface area (Å²) in [5.41, 5.74) is 6.43. The maximum atomic E-state index is 10.8. The van der Waals surface area contributed by atoms with Gasteiger partial charge in [0.05, 0.1) is 0 Å². The van der Waals surface area contributed by atoms with Crippen LogP contribution in [0.2, 0.25) is 0 Å². The van der Waals surface area contributed by atoms with Crippen LogP contribution in [0.3, 0.4) is 0 Å². The lowest BCUT2D eigenvalue weighted by Gasteiger charge is -2.28. The Bertz CT molecular complexity index is 430. The van der Waals surface area contributed by atoms with E-state index in [1.54, 1.807) is 6.20 Å². The Morgan fingerprint density at radius 3 is 2.83 bits per heavy atom. The third-order valence-corrected chi connectivity index (χ3v) is 3.38. The van der Waals surface area contributed by atoms with Gasteiger partial charge in [-0.25, -0.2) is 9.97 Å². The van der Waals surface area contributed by atoms with Gasteiger partial charge in [-0.2, -0.15) is 0 Å². The van der Waals surface area contributed by atoms with Crippen molar-refractivity contribution >= 4 is 5.97 Å². The van der Waals surface area contributed by atoms with E-state index in [1.807, 2.05) is 6.07 Å². The first-order valence-electron chi connectivity index (χ1n) is 6.07. The molecule has 0 saturated carbocycles. The number of carbonyl (C=O) groups is 1. The van der Waals surface area contributed by atoms with Gasteiger partial charge >= 0.3 is 5.97 Å². The average molecular weight is 250 g/mol. The lowest BCUT2D eigenvalue weighted by Crippen LogP contribution is -2.30. The molecule has 0 aliphatic carbocycles. The Labute approximate surface area is 106 Å². The largest absolute Gasteiger partial charge is 0.480 e. The number of carboxylic acids is 1. The van der Waals surface area contributed by atoms with Crippen LogP contribution in [0, 0.1) is 0 Å². The summed E-state index contributed by atoms with van der Waals surface area (Å²) in [6.07, 6.45) is 3.67. The fourth-order valence-electron chi connectivity index (χ4n) is 2.18. The number of aromatic nitrogens is 2. The van der Waals surface area contributed by atoms with Crippen molar-refractivity contribution in [1.29, 1.82) is 0 Å². The summed E-state index contributed by atoms with van der Waals surface area (Å²) in [7, 11) is 2.10. The van der Waals surface area contributed by atoms with Crippen LogP contribution in [-0.2, 0) is 4.79 Å². The third-order valence-electron chi connectivity index (χ3n) is 3.38. The SMILES string of the molecule is CN1CCC(c2ccnc(C(N)C(=O)O)n2)CC1. The maximum absolute atomic E-state index is 10.8. The van der Waals surface area contributed by atoms with Gasteiger partial charge in [-0.15, -0.1) is 0 Å². The molecule has 1 aliphatic rings. The van der Waals surface area contributed by atoms with Gasteiger partial charge in [0.25, 0.3) is 0 Å². The minimum absolute atomic E-state index is 0.193. The molecule has 1 aliphatic heterocycles. The Morgan fingerprint density at radius 2 is 2.22 bits per heavy atom. The van der Waals surface area contributed by atoms with Crippen molar-refractivity contribution in [2.24, 2.45) is 5.73 Å². The first-order chi connectivity index (χ1) is 8.58. The van der Waals surface area contributed by atoms with E-state index in [-0.39, 0.29) is 5.82 Å². The number of rotatable bonds is 3. The summed E-state index contributed by atoms with van der Waals surface area (Å²) in [4.78, 5) is 21.3. The van der Waals surface area contributed by atoms with Gasteiger partial charge in [0.15, 0.2) is 11.9 Å². The van der Waals surface area contributed by atoms with Crippen molar-refractivity contribution in [3.05, 3.63) is 23.8 Å². The number of likely N-dealkylation sites (tertiary alicyclic amines) is 1. The predicted octanol–water partition coefficient (Wildman–Crippen LogP) is 0.370. The van der Waals surface area contributed by atoms with Gasteiger partial charge in [0.2, 0.25) is 0 Å². The molecule has 98 valence electrons. The highest BCUT2D eigenvalue weighted by Gasteiger charge is 2.22. The maximum Gasteiger partial charge on any atom is 0.328 e. The van der Waals surface area contributed by atoms with Gasteiger partial charge in [-0.05, 0) is 39.0 Å². The molecule has 18 heavy (non-hydrogen) atoms. The molecule has 0 bridgehead atoms. The molecular weight excluding hydrogens is 232 g/mol. The lowest BCUT2D eigenvalue weighted by molar-refractivity contribution is -0.138. The molecule has 1 aromatic heterocycles. The van der Waals surface area contributed by atoms with E-state index in [4.69, 9.17) is 10.8 Å². The molecule has 1 saturated heterocycles. The lowest BCUT2D eigenvalue weighted by atomic mass is 9.93. The fourth-order valence-corrected chi connectivity index (χ4v) is 2.18. The number of piperidine rings is 1. The molecule has 0 radical (unpaired) electrons. The zero-order valence-corrected chi connectivity index (χ0v) is 10.4.